The van der Waals surface area contributed by atoms with Crippen LogP contribution in [0, 0.1) is 0 Å². The van der Waals surface area contributed by atoms with Crippen molar-refractivity contribution >= 4 is 5.69 Å². The first-order valence-corrected chi connectivity index (χ1v) is 3.67. The molecule has 64 valence electrons. The Morgan fingerprint density at radius 1 is 1.42 bits per heavy atom. The highest BCUT2D eigenvalue weighted by molar-refractivity contribution is 5.57. The third kappa shape index (κ3) is 1.11. The third-order valence-electron chi connectivity index (χ3n) is 1.74. The Kier molecular flexibility index (Phi) is 1.64. The minimum atomic E-state index is -0.954. The number of fused-ring (bicyclic) bond motifs is 1. The quantitative estimate of drug-likeness (QED) is 0.594. The van der Waals surface area contributed by atoms with E-state index < -0.39 is 6.29 Å². The van der Waals surface area contributed by atoms with Crippen LogP contribution in [0.3, 0.4) is 0 Å². The van der Waals surface area contributed by atoms with Crippen LogP contribution in [0.25, 0.3) is 0 Å². The number of rotatable bonds is 0. The van der Waals surface area contributed by atoms with Crippen LogP contribution in [0.4, 0.5) is 5.69 Å². The van der Waals surface area contributed by atoms with Gasteiger partial charge in [0.1, 0.15) is 18.0 Å². The largest absolute Gasteiger partial charge is 0.461 e. The summed E-state index contributed by atoms with van der Waals surface area (Å²) in [5, 5.41) is 19.4. The number of nitrogens with zero attached hydrogens (tertiary/aromatic N) is 1. The average molecular weight is 167 g/mol. The van der Waals surface area contributed by atoms with E-state index in [0.29, 0.717) is 11.4 Å². The van der Waals surface area contributed by atoms with Gasteiger partial charge in [0.25, 0.3) is 0 Å². The van der Waals surface area contributed by atoms with Crippen LogP contribution in [-0.4, -0.2) is 23.1 Å². The molecule has 0 fully saturated rings. The molecule has 1 aliphatic rings. The molecule has 0 aliphatic carbocycles. The number of ether oxygens (including phenoxy) is 1. The standard InChI is InChI=1S/C8H9NO3/c10-8-5-9(11)6-3-1-2-4-7(6)12-8/h1-4,8,10-11H,5H2. The number of aliphatic hydroxyl groups excluding tert-OH is 1. The molecule has 1 aromatic rings. The molecule has 1 unspecified atom stereocenters. The van der Waals surface area contributed by atoms with Crippen LogP contribution in [0.15, 0.2) is 24.3 Å². The first-order chi connectivity index (χ1) is 5.77. The number of benzene rings is 1. The smallest absolute Gasteiger partial charge is 0.217 e. The van der Waals surface area contributed by atoms with E-state index in [-0.39, 0.29) is 6.54 Å². The molecule has 1 atom stereocenters. The highest BCUT2D eigenvalue weighted by Crippen LogP contribution is 2.30. The van der Waals surface area contributed by atoms with Gasteiger partial charge >= 0.3 is 0 Å². The molecule has 0 saturated heterocycles. The number of hydrogen-bond acceptors (Lipinski definition) is 4. The van der Waals surface area contributed by atoms with Crippen molar-refractivity contribution in [2.24, 2.45) is 0 Å². The topological polar surface area (TPSA) is 52.9 Å². The monoisotopic (exact) mass is 167 g/mol. The highest BCUT2D eigenvalue weighted by atomic mass is 16.6. The fourth-order valence-electron chi connectivity index (χ4n) is 1.20. The molecule has 0 bridgehead atoms. The summed E-state index contributed by atoms with van der Waals surface area (Å²) in [7, 11) is 0. The van der Waals surface area contributed by atoms with Gasteiger partial charge in [-0.15, -0.1) is 0 Å². The molecule has 1 heterocycles. The van der Waals surface area contributed by atoms with Gasteiger partial charge in [0, 0.05) is 0 Å². The van der Waals surface area contributed by atoms with Gasteiger partial charge in [0.15, 0.2) is 0 Å². The zero-order valence-electron chi connectivity index (χ0n) is 6.34. The van der Waals surface area contributed by atoms with E-state index >= 15 is 0 Å². The van der Waals surface area contributed by atoms with Crippen molar-refractivity contribution in [3.63, 3.8) is 0 Å². The van der Waals surface area contributed by atoms with Gasteiger partial charge in [0.05, 0.1) is 0 Å². The number of anilines is 1. The number of β-amino-alcohol motifs (C(OH)–C–C–N with tert-alkyl or cyclic N) is 1. The van der Waals surface area contributed by atoms with E-state index in [1.807, 2.05) is 0 Å². The van der Waals surface area contributed by atoms with Crippen LogP contribution in [-0.2, 0) is 0 Å². The second kappa shape index (κ2) is 2.66. The van der Waals surface area contributed by atoms with Crippen LogP contribution in [0.5, 0.6) is 5.75 Å². The van der Waals surface area contributed by atoms with Gasteiger partial charge in [-0.3, -0.25) is 5.21 Å². The number of hydroxylamine groups is 1. The van der Waals surface area contributed by atoms with Gasteiger partial charge in [0.2, 0.25) is 6.29 Å². The summed E-state index contributed by atoms with van der Waals surface area (Å²) >= 11 is 0. The van der Waals surface area contributed by atoms with Crippen molar-refractivity contribution in [3.8, 4) is 5.75 Å². The number of hydrogen-bond donors (Lipinski definition) is 2. The lowest BCUT2D eigenvalue weighted by molar-refractivity contribution is -0.0336. The van der Waals surface area contributed by atoms with Crippen molar-refractivity contribution < 1.29 is 15.1 Å². The van der Waals surface area contributed by atoms with Crippen molar-refractivity contribution in [2.75, 3.05) is 11.6 Å². The first-order valence-electron chi connectivity index (χ1n) is 3.67. The molecular weight excluding hydrogens is 158 g/mol. The van der Waals surface area contributed by atoms with Crippen molar-refractivity contribution in [3.05, 3.63) is 24.3 Å². The Bertz CT molecular complexity index is 289. The molecule has 0 spiro atoms. The minimum Gasteiger partial charge on any atom is -0.461 e. The molecule has 0 saturated carbocycles. The second-order valence-electron chi connectivity index (χ2n) is 2.62. The lowest BCUT2D eigenvalue weighted by atomic mass is 10.2. The molecular formula is C8H9NO3. The predicted octanol–water partition coefficient (Wildman–Crippen LogP) is 0.593. The van der Waals surface area contributed by atoms with Crippen LogP contribution >= 0.6 is 0 Å². The van der Waals surface area contributed by atoms with E-state index in [1.54, 1.807) is 24.3 Å². The molecule has 1 aromatic carbocycles. The van der Waals surface area contributed by atoms with E-state index in [1.165, 1.54) is 0 Å². The van der Waals surface area contributed by atoms with Crippen molar-refractivity contribution in [1.29, 1.82) is 0 Å². The van der Waals surface area contributed by atoms with Gasteiger partial charge in [-0.25, -0.2) is 5.06 Å². The van der Waals surface area contributed by atoms with Crippen LogP contribution < -0.4 is 9.80 Å². The van der Waals surface area contributed by atoms with Gasteiger partial charge < -0.3 is 9.84 Å². The SMILES string of the molecule is OC1CN(O)c2ccccc2O1. The number of para-hydroxylation sites is 2. The molecule has 2 rings (SSSR count). The van der Waals surface area contributed by atoms with E-state index in [2.05, 4.69) is 0 Å². The lowest BCUT2D eigenvalue weighted by Gasteiger charge is -2.28. The summed E-state index contributed by atoms with van der Waals surface area (Å²) in [4.78, 5) is 0. The van der Waals surface area contributed by atoms with E-state index in [4.69, 9.17) is 9.84 Å². The Morgan fingerprint density at radius 3 is 3.00 bits per heavy atom. The predicted molar refractivity (Wildman–Crippen MR) is 42.2 cm³/mol. The van der Waals surface area contributed by atoms with Gasteiger partial charge in [-0.2, -0.15) is 0 Å². The summed E-state index contributed by atoms with van der Waals surface area (Å²) in [5.41, 5.74) is 0.586. The van der Waals surface area contributed by atoms with E-state index in [0.717, 1.165) is 5.06 Å². The summed E-state index contributed by atoms with van der Waals surface area (Å²) < 4.78 is 5.06. The first kappa shape index (κ1) is 7.39. The summed E-state index contributed by atoms with van der Waals surface area (Å²) in [6.45, 7) is 0.0804. The lowest BCUT2D eigenvalue weighted by Crippen LogP contribution is -2.37. The Hall–Kier alpha value is -1.26. The molecule has 12 heavy (non-hydrogen) atoms. The molecule has 1 aliphatic heterocycles. The van der Waals surface area contributed by atoms with Crippen molar-refractivity contribution in [1.82, 2.24) is 0 Å². The fraction of sp³-hybridized carbons (Fsp3) is 0.250. The fourth-order valence-corrected chi connectivity index (χ4v) is 1.20. The summed E-state index contributed by atoms with van der Waals surface area (Å²) in [6.07, 6.45) is -0.954. The highest BCUT2D eigenvalue weighted by Gasteiger charge is 2.21. The zero-order chi connectivity index (χ0) is 8.55. The Morgan fingerprint density at radius 2 is 2.17 bits per heavy atom. The molecule has 0 aromatic heterocycles. The molecule has 4 heteroatoms. The average Bonchev–Trinajstić information content (AvgIpc) is 2.04. The van der Waals surface area contributed by atoms with E-state index in [9.17, 15) is 5.21 Å². The summed E-state index contributed by atoms with van der Waals surface area (Å²) in [5.74, 6) is 0.499. The maximum atomic E-state index is 9.33. The maximum absolute atomic E-state index is 9.33. The van der Waals surface area contributed by atoms with Crippen LogP contribution in [0.1, 0.15) is 0 Å². The second-order valence-corrected chi connectivity index (χ2v) is 2.62. The normalized spacial score (nSPS) is 21.5. The Balaban J connectivity index is 2.40. The van der Waals surface area contributed by atoms with Gasteiger partial charge in [-0.1, -0.05) is 12.1 Å². The number of aliphatic hydroxyl groups is 1. The van der Waals surface area contributed by atoms with Crippen molar-refractivity contribution in [2.45, 2.75) is 6.29 Å². The van der Waals surface area contributed by atoms with Crippen LogP contribution in [0.2, 0.25) is 0 Å². The maximum Gasteiger partial charge on any atom is 0.217 e. The Labute approximate surface area is 69.6 Å². The van der Waals surface area contributed by atoms with Gasteiger partial charge in [-0.05, 0) is 12.1 Å². The zero-order valence-corrected chi connectivity index (χ0v) is 6.34. The summed E-state index contributed by atoms with van der Waals surface area (Å²) in [6, 6.07) is 7.00. The third-order valence-corrected chi connectivity index (χ3v) is 1.74. The molecule has 0 radical (unpaired) electrons. The molecule has 0 amide bonds. The molecule has 2 N–H and O–H groups in total. The minimum absolute atomic E-state index is 0.0804. The molecule has 4 nitrogen and oxygen atoms in total.